The van der Waals surface area contributed by atoms with Gasteiger partial charge in [0.2, 0.25) is 5.91 Å². The fraction of sp³-hybridized carbons (Fsp3) is 0.200. The Labute approximate surface area is 195 Å². The second-order valence-corrected chi connectivity index (χ2v) is 9.94. The van der Waals surface area contributed by atoms with Crippen LogP contribution in [0.3, 0.4) is 0 Å². The summed E-state index contributed by atoms with van der Waals surface area (Å²) >= 11 is 0. The zero-order chi connectivity index (χ0) is 24.3. The number of hydrogen-bond donors (Lipinski definition) is 0. The number of carbonyl (C=O) groups is 1. The standard InChI is InChI=1S/C25H21F3N2O3S/c26-20-4-2-19(3-5-20)22-6-1-18(13-23(22)25(27)28)14-24(31)30(15-17-7-10-29-11-8-17)21-9-12-34(32,33)16-21/h1-13,21,25H,14-16H2. The summed E-state index contributed by atoms with van der Waals surface area (Å²) in [4.78, 5) is 18.6. The molecule has 0 spiro atoms. The lowest BCUT2D eigenvalue weighted by atomic mass is 9.96. The van der Waals surface area contributed by atoms with E-state index >= 15 is 0 Å². The Balaban J connectivity index is 1.61. The van der Waals surface area contributed by atoms with E-state index < -0.39 is 34.0 Å². The van der Waals surface area contributed by atoms with Crippen molar-refractivity contribution >= 4 is 15.7 Å². The van der Waals surface area contributed by atoms with E-state index in [9.17, 15) is 26.4 Å². The third-order valence-electron chi connectivity index (χ3n) is 5.60. The predicted molar refractivity (Wildman–Crippen MR) is 122 cm³/mol. The lowest BCUT2D eigenvalue weighted by Gasteiger charge is -2.28. The molecule has 1 amide bonds. The Kier molecular flexibility index (Phi) is 6.83. The third kappa shape index (κ3) is 5.53. The molecule has 1 unspecified atom stereocenters. The van der Waals surface area contributed by atoms with Crippen molar-refractivity contribution in [3.63, 3.8) is 0 Å². The van der Waals surface area contributed by atoms with Crippen molar-refractivity contribution in [3.05, 3.63) is 101 Å². The molecule has 2 aromatic carbocycles. The van der Waals surface area contributed by atoms with E-state index in [1.807, 2.05) is 0 Å². The highest BCUT2D eigenvalue weighted by Crippen LogP contribution is 2.32. The largest absolute Gasteiger partial charge is 0.331 e. The first-order chi connectivity index (χ1) is 16.2. The molecule has 1 aliphatic heterocycles. The SMILES string of the molecule is O=C(Cc1ccc(-c2ccc(F)cc2)c(C(F)F)c1)N(Cc1ccncc1)C1C=CS(=O)(=O)C1. The van der Waals surface area contributed by atoms with Crippen molar-refractivity contribution in [2.75, 3.05) is 5.75 Å². The lowest BCUT2D eigenvalue weighted by Crippen LogP contribution is -2.41. The van der Waals surface area contributed by atoms with Crippen molar-refractivity contribution in [3.8, 4) is 11.1 Å². The number of alkyl halides is 2. The average Bonchev–Trinajstić information content (AvgIpc) is 3.18. The van der Waals surface area contributed by atoms with Crippen LogP contribution in [0.25, 0.3) is 11.1 Å². The van der Waals surface area contributed by atoms with Crippen molar-refractivity contribution in [2.24, 2.45) is 0 Å². The van der Waals surface area contributed by atoms with Gasteiger partial charge < -0.3 is 4.90 Å². The van der Waals surface area contributed by atoms with E-state index in [2.05, 4.69) is 4.98 Å². The minimum Gasteiger partial charge on any atom is -0.331 e. The zero-order valence-corrected chi connectivity index (χ0v) is 18.8. The number of hydrogen-bond acceptors (Lipinski definition) is 4. The van der Waals surface area contributed by atoms with Crippen LogP contribution >= 0.6 is 0 Å². The highest BCUT2D eigenvalue weighted by Gasteiger charge is 2.30. The van der Waals surface area contributed by atoms with Gasteiger partial charge >= 0.3 is 0 Å². The highest BCUT2D eigenvalue weighted by atomic mass is 32.2. The number of amides is 1. The van der Waals surface area contributed by atoms with Gasteiger partial charge in [0.05, 0.1) is 18.2 Å². The Morgan fingerprint density at radius 2 is 1.74 bits per heavy atom. The maximum absolute atomic E-state index is 13.8. The summed E-state index contributed by atoms with van der Waals surface area (Å²) in [5, 5.41) is 1.09. The average molecular weight is 487 g/mol. The maximum atomic E-state index is 13.8. The fourth-order valence-corrected chi connectivity index (χ4v) is 5.20. The van der Waals surface area contributed by atoms with Gasteiger partial charge in [0.25, 0.3) is 6.43 Å². The molecule has 1 aromatic heterocycles. The molecule has 34 heavy (non-hydrogen) atoms. The van der Waals surface area contributed by atoms with Crippen molar-refractivity contribution in [1.29, 1.82) is 0 Å². The summed E-state index contributed by atoms with van der Waals surface area (Å²) in [5.41, 5.74) is 1.57. The Morgan fingerprint density at radius 3 is 2.35 bits per heavy atom. The van der Waals surface area contributed by atoms with Gasteiger partial charge in [-0.15, -0.1) is 0 Å². The number of carbonyl (C=O) groups excluding carboxylic acids is 1. The molecule has 3 aromatic rings. The summed E-state index contributed by atoms with van der Waals surface area (Å²) in [6, 6.07) is 12.4. The quantitative estimate of drug-likeness (QED) is 0.485. The molecule has 9 heteroatoms. The number of nitrogens with zero attached hydrogens (tertiary/aromatic N) is 2. The molecule has 0 aliphatic carbocycles. The molecule has 0 bridgehead atoms. The Bertz CT molecular complexity index is 1310. The normalized spacial score (nSPS) is 16.6. The van der Waals surface area contributed by atoms with Crippen LogP contribution in [0.5, 0.6) is 0 Å². The first-order valence-electron chi connectivity index (χ1n) is 10.5. The highest BCUT2D eigenvalue weighted by molar-refractivity contribution is 7.94. The molecular weight excluding hydrogens is 465 g/mol. The molecule has 4 rings (SSSR count). The third-order valence-corrected chi connectivity index (χ3v) is 6.97. The second kappa shape index (κ2) is 9.80. The molecule has 2 heterocycles. The van der Waals surface area contributed by atoms with Crippen LogP contribution in [-0.4, -0.2) is 36.0 Å². The zero-order valence-electron chi connectivity index (χ0n) is 17.9. The molecule has 0 N–H and O–H groups in total. The molecule has 5 nitrogen and oxygen atoms in total. The summed E-state index contributed by atoms with van der Waals surface area (Å²) in [6.45, 7) is 0.154. The second-order valence-electron chi connectivity index (χ2n) is 8.01. The van der Waals surface area contributed by atoms with Crippen LogP contribution in [0.2, 0.25) is 0 Å². The van der Waals surface area contributed by atoms with E-state index in [1.54, 1.807) is 30.6 Å². The van der Waals surface area contributed by atoms with Crippen LogP contribution in [-0.2, 0) is 27.6 Å². The molecule has 0 saturated heterocycles. The van der Waals surface area contributed by atoms with Crippen LogP contribution in [0.1, 0.15) is 23.1 Å². The van der Waals surface area contributed by atoms with E-state index in [-0.39, 0.29) is 29.8 Å². The number of pyridine rings is 1. The molecule has 0 saturated carbocycles. The smallest absolute Gasteiger partial charge is 0.264 e. The van der Waals surface area contributed by atoms with Crippen molar-refractivity contribution in [2.45, 2.75) is 25.4 Å². The topological polar surface area (TPSA) is 67.3 Å². The molecule has 0 fully saturated rings. The number of sulfone groups is 1. The van der Waals surface area contributed by atoms with Gasteiger partial charge in [-0.3, -0.25) is 9.78 Å². The maximum Gasteiger partial charge on any atom is 0.264 e. The van der Waals surface area contributed by atoms with Crippen molar-refractivity contribution in [1.82, 2.24) is 9.88 Å². The first kappa shape index (κ1) is 23.7. The summed E-state index contributed by atoms with van der Waals surface area (Å²) in [5.74, 6) is -1.09. The minimum atomic E-state index is -3.41. The lowest BCUT2D eigenvalue weighted by molar-refractivity contribution is -0.132. The fourth-order valence-electron chi connectivity index (χ4n) is 3.90. The van der Waals surface area contributed by atoms with Gasteiger partial charge in [-0.05, 0) is 58.7 Å². The van der Waals surface area contributed by atoms with Crippen LogP contribution in [0.4, 0.5) is 13.2 Å². The molecule has 0 radical (unpaired) electrons. The van der Waals surface area contributed by atoms with Gasteiger partial charge in [0.1, 0.15) is 5.82 Å². The van der Waals surface area contributed by atoms with Crippen LogP contribution in [0, 0.1) is 5.82 Å². The molecule has 1 atom stereocenters. The summed E-state index contributed by atoms with van der Waals surface area (Å²) in [6.07, 6.45) is 1.63. The Morgan fingerprint density at radius 1 is 1.03 bits per heavy atom. The van der Waals surface area contributed by atoms with Crippen molar-refractivity contribution < 1.29 is 26.4 Å². The van der Waals surface area contributed by atoms with E-state index in [1.165, 1.54) is 47.4 Å². The van der Waals surface area contributed by atoms with E-state index in [0.717, 1.165) is 11.0 Å². The first-order valence-corrected chi connectivity index (χ1v) is 12.2. The predicted octanol–water partition coefficient (Wildman–Crippen LogP) is 4.71. The van der Waals surface area contributed by atoms with Gasteiger partial charge in [0.15, 0.2) is 9.84 Å². The van der Waals surface area contributed by atoms with Gasteiger partial charge in [-0.25, -0.2) is 21.6 Å². The van der Waals surface area contributed by atoms with Gasteiger partial charge in [-0.2, -0.15) is 0 Å². The van der Waals surface area contributed by atoms with E-state index in [0.29, 0.717) is 11.1 Å². The van der Waals surface area contributed by atoms with Crippen LogP contribution < -0.4 is 0 Å². The number of halogens is 3. The van der Waals surface area contributed by atoms with E-state index in [4.69, 9.17) is 0 Å². The Hall–Kier alpha value is -3.46. The number of rotatable bonds is 7. The van der Waals surface area contributed by atoms with Crippen LogP contribution in [0.15, 0.2) is 78.5 Å². The molecular formula is C25H21F3N2O3S. The monoisotopic (exact) mass is 486 g/mol. The minimum absolute atomic E-state index is 0.154. The van der Waals surface area contributed by atoms with Gasteiger partial charge in [0, 0.05) is 29.9 Å². The summed E-state index contributed by atoms with van der Waals surface area (Å²) in [7, 11) is -3.41. The molecule has 176 valence electrons. The van der Waals surface area contributed by atoms with Gasteiger partial charge in [-0.1, -0.05) is 24.3 Å². The summed E-state index contributed by atoms with van der Waals surface area (Å²) < 4.78 is 64.8. The molecule has 1 aliphatic rings. The number of aromatic nitrogens is 1. The number of benzene rings is 2.